The first-order valence-electron chi connectivity index (χ1n) is 5.08. The normalized spacial score (nSPS) is 13.3. The summed E-state index contributed by atoms with van der Waals surface area (Å²) < 4.78 is 8.12. The topological polar surface area (TPSA) is 63.5 Å². The SMILES string of the molecule is COCCNC(NC(=O)c1ccco1)C(Cl)(Cl)Cl. The Morgan fingerprint density at radius 1 is 1.56 bits per heavy atom. The van der Waals surface area contributed by atoms with Crippen molar-refractivity contribution < 1.29 is 13.9 Å². The number of alkyl halides is 3. The van der Waals surface area contributed by atoms with Gasteiger partial charge >= 0.3 is 0 Å². The van der Waals surface area contributed by atoms with Gasteiger partial charge in [-0.3, -0.25) is 10.1 Å². The highest BCUT2D eigenvalue weighted by atomic mass is 35.6. The fourth-order valence-electron chi connectivity index (χ4n) is 1.16. The van der Waals surface area contributed by atoms with E-state index in [1.165, 1.54) is 12.3 Å². The van der Waals surface area contributed by atoms with E-state index in [-0.39, 0.29) is 5.76 Å². The first-order chi connectivity index (χ1) is 8.45. The third-order valence-corrected chi connectivity index (χ3v) is 2.66. The van der Waals surface area contributed by atoms with Gasteiger partial charge in [0.2, 0.25) is 3.79 Å². The molecule has 1 unspecified atom stereocenters. The molecule has 5 nitrogen and oxygen atoms in total. The molecule has 0 aliphatic carbocycles. The van der Waals surface area contributed by atoms with E-state index in [0.29, 0.717) is 13.2 Å². The van der Waals surface area contributed by atoms with Crippen LogP contribution in [0.2, 0.25) is 0 Å². The van der Waals surface area contributed by atoms with Gasteiger partial charge in [-0.15, -0.1) is 0 Å². The summed E-state index contributed by atoms with van der Waals surface area (Å²) in [6.07, 6.45) is 0.535. The molecule has 2 N–H and O–H groups in total. The van der Waals surface area contributed by atoms with E-state index in [1.807, 2.05) is 0 Å². The van der Waals surface area contributed by atoms with Crippen LogP contribution in [0.1, 0.15) is 10.6 Å². The zero-order valence-electron chi connectivity index (χ0n) is 9.58. The molecule has 102 valence electrons. The van der Waals surface area contributed by atoms with Crippen molar-refractivity contribution in [3.63, 3.8) is 0 Å². The number of halogens is 3. The molecule has 0 aromatic carbocycles. The van der Waals surface area contributed by atoms with Crippen LogP contribution >= 0.6 is 34.8 Å². The molecule has 0 bridgehead atoms. The van der Waals surface area contributed by atoms with Gasteiger partial charge in [-0.05, 0) is 12.1 Å². The van der Waals surface area contributed by atoms with E-state index in [9.17, 15) is 4.79 Å². The summed E-state index contributed by atoms with van der Waals surface area (Å²) in [7, 11) is 1.55. The average molecular weight is 316 g/mol. The largest absolute Gasteiger partial charge is 0.459 e. The van der Waals surface area contributed by atoms with Crippen molar-refractivity contribution in [1.82, 2.24) is 10.6 Å². The van der Waals surface area contributed by atoms with Gasteiger partial charge in [0.05, 0.1) is 12.9 Å². The summed E-state index contributed by atoms with van der Waals surface area (Å²) in [6, 6.07) is 3.11. The lowest BCUT2D eigenvalue weighted by molar-refractivity contribution is 0.0898. The van der Waals surface area contributed by atoms with Crippen LogP contribution in [0.3, 0.4) is 0 Å². The molecular formula is C10H13Cl3N2O3. The third kappa shape index (κ3) is 5.04. The standard InChI is InChI=1S/C10H13Cl3N2O3/c1-17-6-4-14-9(10(11,12)13)15-8(16)7-3-2-5-18-7/h2-3,5,9,14H,4,6H2,1H3,(H,15,16). The molecule has 0 saturated heterocycles. The van der Waals surface area contributed by atoms with Crippen LogP contribution in [0.15, 0.2) is 22.8 Å². The van der Waals surface area contributed by atoms with Crippen molar-refractivity contribution in [1.29, 1.82) is 0 Å². The van der Waals surface area contributed by atoms with E-state index in [2.05, 4.69) is 10.6 Å². The molecule has 1 rings (SSSR count). The second kappa shape index (κ2) is 7.21. The third-order valence-electron chi connectivity index (χ3n) is 2.00. The Morgan fingerprint density at radius 2 is 2.28 bits per heavy atom. The molecule has 1 aromatic heterocycles. The monoisotopic (exact) mass is 314 g/mol. The van der Waals surface area contributed by atoms with Crippen molar-refractivity contribution in [2.45, 2.75) is 9.96 Å². The maximum Gasteiger partial charge on any atom is 0.288 e. The van der Waals surface area contributed by atoms with Crippen LogP contribution in [-0.2, 0) is 4.74 Å². The summed E-state index contributed by atoms with van der Waals surface area (Å²) in [5.74, 6) is -0.330. The van der Waals surface area contributed by atoms with Gasteiger partial charge in [0.25, 0.3) is 5.91 Å². The van der Waals surface area contributed by atoms with Gasteiger partial charge in [-0.1, -0.05) is 34.8 Å². The number of hydrogen-bond donors (Lipinski definition) is 2. The van der Waals surface area contributed by atoms with E-state index in [1.54, 1.807) is 13.2 Å². The number of ether oxygens (including phenoxy) is 1. The molecule has 1 heterocycles. The van der Waals surface area contributed by atoms with Gasteiger partial charge in [-0.2, -0.15) is 0 Å². The molecule has 8 heteroatoms. The summed E-state index contributed by atoms with van der Waals surface area (Å²) in [6.45, 7) is 0.849. The van der Waals surface area contributed by atoms with Gasteiger partial charge in [0, 0.05) is 13.7 Å². The molecule has 1 amide bonds. The Morgan fingerprint density at radius 3 is 2.78 bits per heavy atom. The Balaban J connectivity index is 2.58. The maximum atomic E-state index is 11.7. The number of nitrogens with one attached hydrogen (secondary N) is 2. The van der Waals surface area contributed by atoms with Gasteiger partial charge in [0.1, 0.15) is 6.17 Å². The molecular weight excluding hydrogens is 302 g/mol. The number of carbonyl (C=O) groups excluding carboxylic acids is 1. The highest BCUT2D eigenvalue weighted by Crippen LogP contribution is 2.29. The smallest absolute Gasteiger partial charge is 0.288 e. The van der Waals surface area contributed by atoms with Crippen molar-refractivity contribution in [2.24, 2.45) is 0 Å². The number of hydrogen-bond acceptors (Lipinski definition) is 4. The van der Waals surface area contributed by atoms with Crippen LogP contribution in [0.25, 0.3) is 0 Å². The van der Waals surface area contributed by atoms with Crippen LogP contribution in [0, 0.1) is 0 Å². The number of rotatable bonds is 6. The van der Waals surface area contributed by atoms with Crippen molar-refractivity contribution in [2.75, 3.05) is 20.3 Å². The molecule has 0 spiro atoms. The second-order valence-corrected chi connectivity index (χ2v) is 5.74. The lowest BCUT2D eigenvalue weighted by atomic mass is 10.4. The average Bonchev–Trinajstić information content (AvgIpc) is 2.79. The van der Waals surface area contributed by atoms with Crippen LogP contribution < -0.4 is 10.6 Å². The quantitative estimate of drug-likeness (QED) is 0.478. The Hall–Kier alpha value is -0.460. The predicted octanol–water partition coefficient (Wildman–Crippen LogP) is 1.94. The summed E-state index contributed by atoms with van der Waals surface area (Å²) in [5.41, 5.74) is 0. The highest BCUT2D eigenvalue weighted by molar-refractivity contribution is 6.68. The minimum Gasteiger partial charge on any atom is -0.459 e. The highest BCUT2D eigenvalue weighted by Gasteiger charge is 2.34. The summed E-state index contributed by atoms with van der Waals surface area (Å²) in [4.78, 5) is 11.7. The molecule has 0 fully saturated rings. The van der Waals surface area contributed by atoms with Crippen LogP contribution in [0.4, 0.5) is 0 Å². The predicted molar refractivity (Wildman–Crippen MR) is 70.1 cm³/mol. The Bertz CT molecular complexity index is 365. The van der Waals surface area contributed by atoms with E-state index < -0.39 is 15.9 Å². The molecule has 0 aliphatic heterocycles. The molecule has 0 saturated carbocycles. The summed E-state index contributed by atoms with van der Waals surface area (Å²) >= 11 is 17.3. The van der Waals surface area contributed by atoms with E-state index in [0.717, 1.165) is 0 Å². The van der Waals surface area contributed by atoms with E-state index in [4.69, 9.17) is 44.0 Å². The lowest BCUT2D eigenvalue weighted by Crippen LogP contribution is -2.54. The molecule has 1 aromatic rings. The number of methoxy groups -OCH3 is 1. The van der Waals surface area contributed by atoms with Crippen molar-refractivity contribution >= 4 is 40.7 Å². The van der Waals surface area contributed by atoms with Gasteiger partial charge < -0.3 is 14.5 Å². The lowest BCUT2D eigenvalue weighted by Gasteiger charge is -2.26. The van der Waals surface area contributed by atoms with E-state index >= 15 is 0 Å². The summed E-state index contributed by atoms with van der Waals surface area (Å²) in [5, 5.41) is 5.38. The molecule has 18 heavy (non-hydrogen) atoms. The van der Waals surface area contributed by atoms with Crippen molar-refractivity contribution in [3.8, 4) is 0 Å². The first-order valence-corrected chi connectivity index (χ1v) is 6.22. The molecule has 1 atom stereocenters. The maximum absolute atomic E-state index is 11.7. The zero-order valence-corrected chi connectivity index (χ0v) is 11.9. The minimum absolute atomic E-state index is 0.141. The second-order valence-electron chi connectivity index (χ2n) is 3.37. The first kappa shape index (κ1) is 15.6. The van der Waals surface area contributed by atoms with Crippen LogP contribution in [-0.4, -0.2) is 36.1 Å². The number of furan rings is 1. The molecule has 0 radical (unpaired) electrons. The van der Waals surface area contributed by atoms with Gasteiger partial charge in [0.15, 0.2) is 5.76 Å². The minimum atomic E-state index is -1.68. The molecule has 0 aliphatic rings. The van der Waals surface area contributed by atoms with Crippen LogP contribution in [0.5, 0.6) is 0 Å². The fraction of sp³-hybridized carbons (Fsp3) is 0.500. The fourth-order valence-corrected chi connectivity index (χ4v) is 1.56. The van der Waals surface area contributed by atoms with Crippen molar-refractivity contribution in [3.05, 3.63) is 24.2 Å². The Labute approximate surface area is 120 Å². The number of carbonyl (C=O) groups is 1. The zero-order chi connectivity index (χ0) is 13.6. The number of amides is 1. The Kier molecular flexibility index (Phi) is 6.25. The van der Waals surface area contributed by atoms with Gasteiger partial charge in [-0.25, -0.2) is 0 Å².